The average molecular weight is 278 g/mol. The van der Waals surface area contributed by atoms with Gasteiger partial charge in [-0.05, 0) is 38.6 Å². The minimum atomic E-state index is -3.20. The molecule has 6 heteroatoms. The van der Waals surface area contributed by atoms with E-state index in [0.717, 1.165) is 25.7 Å². The van der Waals surface area contributed by atoms with Crippen molar-refractivity contribution in [1.29, 1.82) is 0 Å². The Hall–Kier alpha value is -0.170. The fourth-order valence-corrected chi connectivity index (χ4v) is 3.83. The van der Waals surface area contributed by atoms with Crippen LogP contribution in [0.1, 0.15) is 46.0 Å². The highest BCUT2D eigenvalue weighted by atomic mass is 32.2. The molecule has 0 radical (unpaired) electrons. The molecule has 1 rings (SSSR count). The van der Waals surface area contributed by atoms with Crippen LogP contribution in [0.2, 0.25) is 0 Å². The molecule has 1 aliphatic rings. The Morgan fingerprint density at radius 1 is 1.39 bits per heavy atom. The molecule has 108 valence electrons. The largest absolute Gasteiger partial charge is 0.375 e. The summed E-state index contributed by atoms with van der Waals surface area (Å²) in [5, 5.41) is 0. The topological polar surface area (TPSA) is 81.4 Å². The zero-order chi connectivity index (χ0) is 13.6. The van der Waals surface area contributed by atoms with E-state index in [2.05, 4.69) is 18.6 Å². The Morgan fingerprint density at radius 3 is 2.61 bits per heavy atom. The van der Waals surface area contributed by atoms with E-state index in [1.54, 1.807) is 0 Å². The summed E-state index contributed by atoms with van der Waals surface area (Å²) in [5.41, 5.74) is 5.19. The van der Waals surface area contributed by atoms with Crippen LogP contribution in [0.5, 0.6) is 0 Å². The third-order valence-electron chi connectivity index (χ3n) is 3.75. The number of ether oxygens (including phenoxy) is 1. The minimum Gasteiger partial charge on any atom is -0.375 e. The first kappa shape index (κ1) is 15.9. The Kier molecular flexibility index (Phi) is 6.04. The van der Waals surface area contributed by atoms with E-state index in [-0.39, 0.29) is 17.4 Å². The van der Waals surface area contributed by atoms with Crippen LogP contribution in [0, 0.1) is 0 Å². The summed E-state index contributed by atoms with van der Waals surface area (Å²) < 4.78 is 32.3. The fourth-order valence-electron chi connectivity index (χ4n) is 2.46. The maximum absolute atomic E-state index is 11.8. The lowest BCUT2D eigenvalue weighted by molar-refractivity contribution is -0.0905. The number of rotatable bonds is 7. The zero-order valence-electron chi connectivity index (χ0n) is 11.4. The summed E-state index contributed by atoms with van der Waals surface area (Å²) in [7, 11) is -3.20. The second kappa shape index (κ2) is 6.84. The summed E-state index contributed by atoms with van der Waals surface area (Å²) in [6.45, 7) is 5.22. The van der Waals surface area contributed by atoms with Gasteiger partial charge in [-0.15, -0.1) is 0 Å². The first-order valence-electron chi connectivity index (χ1n) is 6.81. The number of nitrogens with one attached hydrogen (secondary N) is 1. The SMILES string of the molecule is CCC1(CC)CC(NS(=O)(=O)CCCN)CCO1. The van der Waals surface area contributed by atoms with E-state index < -0.39 is 10.0 Å². The second-order valence-corrected chi connectivity index (χ2v) is 6.88. The third kappa shape index (κ3) is 4.50. The van der Waals surface area contributed by atoms with Crippen LogP contribution in [0.15, 0.2) is 0 Å². The van der Waals surface area contributed by atoms with Gasteiger partial charge in [0.15, 0.2) is 0 Å². The molecule has 1 fully saturated rings. The van der Waals surface area contributed by atoms with Crippen LogP contribution in [-0.4, -0.2) is 39.0 Å². The number of sulfonamides is 1. The van der Waals surface area contributed by atoms with Crippen molar-refractivity contribution in [3.63, 3.8) is 0 Å². The predicted molar refractivity (Wildman–Crippen MR) is 72.9 cm³/mol. The molecular formula is C12H26N2O3S. The van der Waals surface area contributed by atoms with E-state index in [0.29, 0.717) is 19.6 Å². The summed E-state index contributed by atoms with van der Waals surface area (Å²) in [6.07, 6.45) is 3.87. The van der Waals surface area contributed by atoms with Crippen molar-refractivity contribution in [2.24, 2.45) is 5.73 Å². The van der Waals surface area contributed by atoms with Crippen LogP contribution < -0.4 is 10.5 Å². The molecule has 0 aromatic heterocycles. The molecule has 3 N–H and O–H groups in total. The molecule has 0 aromatic rings. The van der Waals surface area contributed by atoms with Gasteiger partial charge in [0.1, 0.15) is 0 Å². The van der Waals surface area contributed by atoms with E-state index in [9.17, 15) is 8.42 Å². The van der Waals surface area contributed by atoms with Crippen molar-refractivity contribution in [1.82, 2.24) is 4.72 Å². The molecular weight excluding hydrogens is 252 g/mol. The van der Waals surface area contributed by atoms with Gasteiger partial charge in [0.2, 0.25) is 10.0 Å². The second-order valence-electron chi connectivity index (χ2n) is 5.01. The first-order valence-corrected chi connectivity index (χ1v) is 8.46. The summed E-state index contributed by atoms with van der Waals surface area (Å²) >= 11 is 0. The molecule has 5 nitrogen and oxygen atoms in total. The Morgan fingerprint density at radius 2 is 2.06 bits per heavy atom. The quantitative estimate of drug-likeness (QED) is 0.727. The summed E-state index contributed by atoms with van der Waals surface area (Å²) in [6, 6.07) is 0.00132. The lowest BCUT2D eigenvalue weighted by atomic mass is 9.86. The van der Waals surface area contributed by atoms with Crippen molar-refractivity contribution >= 4 is 10.0 Å². The Labute approximate surface area is 111 Å². The molecule has 1 atom stereocenters. The molecule has 0 saturated carbocycles. The van der Waals surface area contributed by atoms with Crippen LogP contribution in [0.4, 0.5) is 0 Å². The van der Waals surface area contributed by atoms with Crippen molar-refractivity contribution in [2.45, 2.75) is 57.6 Å². The highest BCUT2D eigenvalue weighted by Crippen LogP contribution is 2.31. The normalized spacial score (nSPS) is 24.1. The monoisotopic (exact) mass is 278 g/mol. The summed E-state index contributed by atoms with van der Waals surface area (Å²) in [5.74, 6) is 0.117. The molecule has 0 bridgehead atoms. The van der Waals surface area contributed by atoms with Gasteiger partial charge in [0, 0.05) is 12.6 Å². The molecule has 0 aliphatic carbocycles. The highest BCUT2D eigenvalue weighted by Gasteiger charge is 2.35. The highest BCUT2D eigenvalue weighted by molar-refractivity contribution is 7.89. The minimum absolute atomic E-state index is 0.00132. The lowest BCUT2D eigenvalue weighted by Crippen LogP contribution is -2.48. The predicted octanol–water partition coefficient (Wildman–Crippen LogP) is 0.992. The number of nitrogens with two attached hydrogens (primary N) is 1. The van der Waals surface area contributed by atoms with Gasteiger partial charge in [-0.25, -0.2) is 13.1 Å². The van der Waals surface area contributed by atoms with Crippen molar-refractivity contribution < 1.29 is 13.2 Å². The molecule has 1 heterocycles. The van der Waals surface area contributed by atoms with Crippen LogP contribution in [0.3, 0.4) is 0 Å². The van der Waals surface area contributed by atoms with Gasteiger partial charge in [-0.2, -0.15) is 0 Å². The van der Waals surface area contributed by atoms with Gasteiger partial charge in [0.25, 0.3) is 0 Å². The van der Waals surface area contributed by atoms with Crippen LogP contribution in [-0.2, 0) is 14.8 Å². The molecule has 18 heavy (non-hydrogen) atoms. The Bertz CT molecular complexity index is 339. The van der Waals surface area contributed by atoms with Gasteiger partial charge in [-0.1, -0.05) is 13.8 Å². The van der Waals surface area contributed by atoms with Crippen molar-refractivity contribution in [3.05, 3.63) is 0 Å². The standard InChI is InChI=1S/C12H26N2O3S/c1-3-12(4-2)10-11(6-8-17-12)14-18(15,16)9-5-7-13/h11,14H,3-10,13H2,1-2H3. The van der Waals surface area contributed by atoms with Gasteiger partial charge in [-0.3, -0.25) is 0 Å². The van der Waals surface area contributed by atoms with Gasteiger partial charge >= 0.3 is 0 Å². The van der Waals surface area contributed by atoms with Gasteiger partial charge in [0.05, 0.1) is 11.4 Å². The molecule has 1 unspecified atom stereocenters. The fraction of sp³-hybridized carbons (Fsp3) is 1.00. The van der Waals surface area contributed by atoms with Crippen LogP contribution >= 0.6 is 0 Å². The third-order valence-corrected chi connectivity index (χ3v) is 5.26. The molecule has 1 aliphatic heterocycles. The molecule has 0 amide bonds. The Balaban J connectivity index is 2.57. The van der Waals surface area contributed by atoms with Crippen LogP contribution in [0.25, 0.3) is 0 Å². The summed E-state index contributed by atoms with van der Waals surface area (Å²) in [4.78, 5) is 0. The maximum Gasteiger partial charge on any atom is 0.211 e. The van der Waals surface area contributed by atoms with E-state index in [4.69, 9.17) is 10.5 Å². The smallest absolute Gasteiger partial charge is 0.211 e. The average Bonchev–Trinajstić information content (AvgIpc) is 2.36. The molecule has 0 spiro atoms. The van der Waals surface area contributed by atoms with E-state index >= 15 is 0 Å². The molecule has 0 aromatic carbocycles. The van der Waals surface area contributed by atoms with Crippen molar-refractivity contribution in [2.75, 3.05) is 18.9 Å². The zero-order valence-corrected chi connectivity index (χ0v) is 12.3. The van der Waals surface area contributed by atoms with Crippen molar-refractivity contribution in [3.8, 4) is 0 Å². The maximum atomic E-state index is 11.8. The number of hydrogen-bond donors (Lipinski definition) is 2. The van der Waals surface area contributed by atoms with E-state index in [1.165, 1.54) is 0 Å². The molecule has 1 saturated heterocycles. The van der Waals surface area contributed by atoms with Gasteiger partial charge < -0.3 is 10.5 Å². The first-order chi connectivity index (χ1) is 8.47. The number of hydrogen-bond acceptors (Lipinski definition) is 4. The van der Waals surface area contributed by atoms with E-state index in [1.807, 2.05) is 0 Å². The lowest BCUT2D eigenvalue weighted by Gasteiger charge is -2.40.